The maximum atomic E-state index is 11.8. The Morgan fingerprint density at radius 1 is 1.26 bits per heavy atom. The maximum absolute atomic E-state index is 11.8. The summed E-state index contributed by atoms with van der Waals surface area (Å²) in [5.74, 6) is 0.240. The van der Waals surface area contributed by atoms with E-state index in [1.54, 1.807) is 0 Å². The molecule has 2 atom stereocenters. The van der Waals surface area contributed by atoms with Crippen molar-refractivity contribution in [3.8, 4) is 5.75 Å². The molecule has 2 rings (SSSR count). The average molecular weight is 384 g/mol. The van der Waals surface area contributed by atoms with E-state index >= 15 is 0 Å². The molecule has 1 saturated heterocycles. The van der Waals surface area contributed by atoms with Crippen molar-refractivity contribution in [2.45, 2.75) is 37.6 Å². The standard InChI is InChI=1S/C16H22BrN3O3/c1-10-5-11(2)7-13(6-10)23-4-3-15(21)19-20-16(22)14-8-12(17)9-18-14/h5-7,12,14,18H,3-4,8-9H2,1-2H3,(H,19,21)(H,20,22). The van der Waals surface area contributed by atoms with Crippen LogP contribution in [-0.4, -0.2) is 35.8 Å². The number of nitrogens with one attached hydrogen (secondary N) is 3. The van der Waals surface area contributed by atoms with Gasteiger partial charge in [-0.15, -0.1) is 0 Å². The van der Waals surface area contributed by atoms with Gasteiger partial charge in [0.25, 0.3) is 5.91 Å². The minimum Gasteiger partial charge on any atom is -0.493 e. The molecule has 6 nitrogen and oxygen atoms in total. The second-order valence-electron chi connectivity index (χ2n) is 5.75. The molecule has 1 aromatic rings. The lowest BCUT2D eigenvalue weighted by Crippen LogP contribution is -2.49. The number of ether oxygens (including phenoxy) is 1. The third-order valence-corrected chi connectivity index (χ3v) is 4.21. The molecule has 0 radical (unpaired) electrons. The molecule has 0 aromatic heterocycles. The van der Waals surface area contributed by atoms with Crippen LogP contribution in [0.4, 0.5) is 0 Å². The van der Waals surface area contributed by atoms with Crippen molar-refractivity contribution in [3.05, 3.63) is 29.3 Å². The molecule has 0 aliphatic carbocycles. The van der Waals surface area contributed by atoms with Gasteiger partial charge in [-0.1, -0.05) is 22.0 Å². The number of benzene rings is 1. The van der Waals surface area contributed by atoms with Crippen LogP contribution in [0.1, 0.15) is 24.0 Å². The Balaban J connectivity index is 1.66. The number of hydrogen-bond acceptors (Lipinski definition) is 4. The Kier molecular flexibility index (Phi) is 6.41. The Morgan fingerprint density at radius 2 is 1.96 bits per heavy atom. The Bertz CT molecular complexity index is 559. The normalized spacial score (nSPS) is 20.1. The van der Waals surface area contributed by atoms with Gasteiger partial charge in [0.1, 0.15) is 5.75 Å². The van der Waals surface area contributed by atoms with E-state index in [2.05, 4.69) is 38.2 Å². The highest BCUT2D eigenvalue weighted by Gasteiger charge is 2.27. The van der Waals surface area contributed by atoms with Gasteiger partial charge < -0.3 is 10.1 Å². The summed E-state index contributed by atoms with van der Waals surface area (Å²) in [7, 11) is 0. The number of halogens is 1. The third-order valence-electron chi connectivity index (χ3n) is 3.51. The van der Waals surface area contributed by atoms with Crippen molar-refractivity contribution in [1.82, 2.24) is 16.2 Å². The SMILES string of the molecule is Cc1cc(C)cc(OCCC(=O)NNC(=O)C2CC(Br)CN2)c1. The summed E-state index contributed by atoms with van der Waals surface area (Å²) in [5, 5.41) is 3.07. The summed E-state index contributed by atoms with van der Waals surface area (Å²) in [6.45, 7) is 5.00. The van der Waals surface area contributed by atoms with Crippen LogP contribution in [0.3, 0.4) is 0 Å². The van der Waals surface area contributed by atoms with Gasteiger partial charge in [0.2, 0.25) is 5.91 Å². The molecule has 1 aromatic carbocycles. The summed E-state index contributed by atoms with van der Waals surface area (Å²) >= 11 is 3.45. The van der Waals surface area contributed by atoms with Gasteiger partial charge >= 0.3 is 0 Å². The lowest BCUT2D eigenvalue weighted by Gasteiger charge is -2.12. The molecule has 2 amide bonds. The molecule has 0 spiro atoms. The predicted molar refractivity (Wildman–Crippen MR) is 91.4 cm³/mol. The summed E-state index contributed by atoms with van der Waals surface area (Å²) < 4.78 is 5.57. The first-order chi connectivity index (χ1) is 10.9. The zero-order valence-electron chi connectivity index (χ0n) is 13.3. The molecule has 126 valence electrons. The van der Waals surface area contributed by atoms with Crippen LogP contribution in [0, 0.1) is 13.8 Å². The number of carbonyl (C=O) groups is 2. The number of alkyl halides is 1. The van der Waals surface area contributed by atoms with Crippen LogP contribution in [-0.2, 0) is 9.59 Å². The highest BCUT2D eigenvalue weighted by Crippen LogP contribution is 2.16. The van der Waals surface area contributed by atoms with Gasteiger partial charge in [-0.25, -0.2) is 0 Å². The van der Waals surface area contributed by atoms with Crippen LogP contribution in [0.15, 0.2) is 18.2 Å². The number of hydrazine groups is 1. The Morgan fingerprint density at radius 3 is 2.57 bits per heavy atom. The third kappa shape index (κ3) is 5.84. The van der Waals surface area contributed by atoms with E-state index in [-0.39, 0.29) is 30.9 Å². The van der Waals surface area contributed by atoms with Crippen LogP contribution >= 0.6 is 15.9 Å². The lowest BCUT2D eigenvalue weighted by atomic mass is 10.1. The second kappa shape index (κ2) is 8.31. The lowest BCUT2D eigenvalue weighted by molar-refractivity contribution is -0.130. The van der Waals surface area contributed by atoms with Crippen LogP contribution in [0.5, 0.6) is 5.75 Å². The highest BCUT2D eigenvalue weighted by molar-refractivity contribution is 9.09. The molecule has 1 fully saturated rings. The van der Waals surface area contributed by atoms with Gasteiger partial charge in [-0.3, -0.25) is 20.4 Å². The van der Waals surface area contributed by atoms with E-state index in [4.69, 9.17) is 4.74 Å². The molecule has 1 heterocycles. The van der Waals surface area contributed by atoms with Crippen molar-refractivity contribution >= 4 is 27.7 Å². The maximum Gasteiger partial charge on any atom is 0.255 e. The minimum absolute atomic E-state index is 0.173. The largest absolute Gasteiger partial charge is 0.493 e. The number of hydrogen-bond donors (Lipinski definition) is 3. The molecule has 0 bridgehead atoms. The van der Waals surface area contributed by atoms with E-state index in [0.29, 0.717) is 11.2 Å². The predicted octanol–water partition coefficient (Wildman–Crippen LogP) is 1.35. The van der Waals surface area contributed by atoms with Gasteiger partial charge in [-0.2, -0.15) is 0 Å². The molecule has 2 unspecified atom stereocenters. The summed E-state index contributed by atoms with van der Waals surface area (Å²) in [5.41, 5.74) is 7.08. The number of carbonyl (C=O) groups excluding carboxylic acids is 2. The highest BCUT2D eigenvalue weighted by atomic mass is 79.9. The molecule has 1 aliphatic heterocycles. The van der Waals surface area contributed by atoms with Crippen LogP contribution in [0.2, 0.25) is 0 Å². The van der Waals surface area contributed by atoms with Crippen molar-refractivity contribution in [2.24, 2.45) is 0 Å². The molecule has 1 aliphatic rings. The van der Waals surface area contributed by atoms with E-state index in [1.807, 2.05) is 26.0 Å². The van der Waals surface area contributed by atoms with Gasteiger partial charge in [0, 0.05) is 11.4 Å². The molecule has 7 heteroatoms. The summed E-state index contributed by atoms with van der Waals surface area (Å²) in [6, 6.07) is 5.64. The molecular formula is C16H22BrN3O3. The van der Waals surface area contributed by atoms with Crippen molar-refractivity contribution in [3.63, 3.8) is 0 Å². The van der Waals surface area contributed by atoms with Gasteiger partial charge in [0.15, 0.2) is 0 Å². The topological polar surface area (TPSA) is 79.5 Å². The molecule has 0 saturated carbocycles. The van der Waals surface area contributed by atoms with Gasteiger partial charge in [-0.05, 0) is 43.5 Å². The molecular weight excluding hydrogens is 362 g/mol. The summed E-state index contributed by atoms with van der Waals surface area (Å²) in [6.07, 6.45) is 0.879. The Labute approximate surface area is 144 Å². The van der Waals surface area contributed by atoms with Crippen molar-refractivity contribution < 1.29 is 14.3 Å². The van der Waals surface area contributed by atoms with Gasteiger partial charge in [0.05, 0.1) is 19.1 Å². The minimum atomic E-state index is -0.281. The molecule has 23 heavy (non-hydrogen) atoms. The van der Waals surface area contributed by atoms with E-state index in [0.717, 1.165) is 23.4 Å². The van der Waals surface area contributed by atoms with Crippen molar-refractivity contribution in [2.75, 3.05) is 13.2 Å². The fourth-order valence-electron chi connectivity index (χ4n) is 2.45. The second-order valence-corrected chi connectivity index (χ2v) is 7.05. The first kappa shape index (κ1) is 17.7. The summed E-state index contributed by atoms with van der Waals surface area (Å²) in [4.78, 5) is 23.8. The first-order valence-corrected chi connectivity index (χ1v) is 8.53. The van der Waals surface area contributed by atoms with E-state index < -0.39 is 0 Å². The van der Waals surface area contributed by atoms with E-state index in [1.165, 1.54) is 0 Å². The quantitative estimate of drug-likeness (QED) is 0.529. The fourth-order valence-corrected chi connectivity index (χ4v) is 3.01. The number of amides is 2. The number of rotatable bonds is 5. The smallest absolute Gasteiger partial charge is 0.255 e. The number of aryl methyl sites for hydroxylation is 2. The van der Waals surface area contributed by atoms with E-state index in [9.17, 15) is 9.59 Å². The zero-order valence-corrected chi connectivity index (χ0v) is 14.9. The van der Waals surface area contributed by atoms with Crippen LogP contribution < -0.4 is 20.9 Å². The monoisotopic (exact) mass is 383 g/mol. The first-order valence-electron chi connectivity index (χ1n) is 7.61. The van der Waals surface area contributed by atoms with Crippen molar-refractivity contribution in [1.29, 1.82) is 0 Å². The molecule has 3 N–H and O–H groups in total. The fraction of sp³-hybridized carbons (Fsp3) is 0.500. The van der Waals surface area contributed by atoms with Crippen LogP contribution in [0.25, 0.3) is 0 Å². The Hall–Kier alpha value is -1.60. The average Bonchev–Trinajstić information content (AvgIpc) is 2.90. The zero-order chi connectivity index (χ0) is 16.8.